The highest BCUT2D eigenvalue weighted by molar-refractivity contribution is 5.86. The lowest BCUT2D eigenvalue weighted by atomic mass is 10.0. The van der Waals surface area contributed by atoms with Crippen LogP contribution in [-0.4, -0.2) is 35.5 Å². The van der Waals surface area contributed by atoms with Crippen LogP contribution >= 0.6 is 0 Å². The van der Waals surface area contributed by atoms with Crippen molar-refractivity contribution in [3.8, 4) is 0 Å². The molecule has 1 N–H and O–H groups in total. The van der Waals surface area contributed by atoms with Gasteiger partial charge in [0, 0.05) is 12.6 Å². The van der Waals surface area contributed by atoms with E-state index in [2.05, 4.69) is 19.2 Å². The first-order valence-corrected chi connectivity index (χ1v) is 5.55. The van der Waals surface area contributed by atoms with E-state index in [4.69, 9.17) is 0 Å². The molecule has 0 bridgehead atoms. The Kier molecular flexibility index (Phi) is 3.53. The molecule has 0 radical (unpaired) electrons. The fraction of sp³-hybridized carbons (Fsp3) is 0.909. The third kappa shape index (κ3) is 2.27. The second kappa shape index (κ2) is 4.30. The fourth-order valence-corrected chi connectivity index (χ4v) is 1.95. The molecule has 0 aliphatic carbocycles. The van der Waals surface area contributed by atoms with Gasteiger partial charge < -0.3 is 10.2 Å². The number of carbonyl (C=O) groups excluding carboxylic acids is 1. The minimum absolute atomic E-state index is 0.240. The molecular weight excluding hydrogens is 176 g/mol. The van der Waals surface area contributed by atoms with Gasteiger partial charge in [-0.25, -0.2) is 0 Å². The number of nitrogens with one attached hydrogen (secondary N) is 1. The molecular formula is C11H22N2O. The van der Waals surface area contributed by atoms with Gasteiger partial charge in [-0.2, -0.15) is 0 Å². The fourth-order valence-electron chi connectivity index (χ4n) is 1.95. The average Bonchev–Trinajstić information content (AvgIpc) is 2.19. The van der Waals surface area contributed by atoms with Crippen LogP contribution in [-0.2, 0) is 4.79 Å². The van der Waals surface area contributed by atoms with E-state index in [9.17, 15) is 4.79 Å². The lowest BCUT2D eigenvalue weighted by Crippen LogP contribution is -2.53. The highest BCUT2D eigenvalue weighted by Crippen LogP contribution is 2.17. The van der Waals surface area contributed by atoms with Crippen molar-refractivity contribution in [3.63, 3.8) is 0 Å². The van der Waals surface area contributed by atoms with Crippen molar-refractivity contribution in [1.29, 1.82) is 0 Å². The van der Waals surface area contributed by atoms with Gasteiger partial charge in [-0.05, 0) is 40.2 Å². The largest absolute Gasteiger partial charge is 0.338 e. The zero-order valence-electron chi connectivity index (χ0n) is 9.76. The standard InChI is InChI=1S/C11H22N2O/c1-5-8-13-9(2)6-7-12-11(3,4)10(13)14/h9,12H,5-8H2,1-4H3. The van der Waals surface area contributed by atoms with E-state index in [1.165, 1.54) is 0 Å². The molecule has 3 heteroatoms. The Labute approximate surface area is 86.9 Å². The van der Waals surface area contributed by atoms with Gasteiger partial charge in [0.25, 0.3) is 0 Å². The molecule has 82 valence electrons. The van der Waals surface area contributed by atoms with E-state index in [0.717, 1.165) is 25.9 Å². The van der Waals surface area contributed by atoms with Gasteiger partial charge >= 0.3 is 0 Å². The molecule has 1 unspecified atom stereocenters. The first-order chi connectivity index (χ1) is 6.49. The van der Waals surface area contributed by atoms with Crippen LogP contribution in [0.5, 0.6) is 0 Å². The summed E-state index contributed by atoms with van der Waals surface area (Å²) >= 11 is 0. The molecule has 0 saturated carbocycles. The van der Waals surface area contributed by atoms with Gasteiger partial charge in [0.15, 0.2) is 0 Å². The average molecular weight is 198 g/mol. The van der Waals surface area contributed by atoms with E-state index in [-0.39, 0.29) is 11.4 Å². The summed E-state index contributed by atoms with van der Waals surface area (Å²) in [5.74, 6) is 0.240. The van der Waals surface area contributed by atoms with Crippen molar-refractivity contribution in [2.24, 2.45) is 0 Å². The predicted octanol–water partition coefficient (Wildman–Crippen LogP) is 1.39. The maximum Gasteiger partial charge on any atom is 0.242 e. The Morgan fingerprint density at radius 3 is 2.79 bits per heavy atom. The molecule has 0 aromatic rings. The van der Waals surface area contributed by atoms with Crippen molar-refractivity contribution in [2.75, 3.05) is 13.1 Å². The molecule has 14 heavy (non-hydrogen) atoms. The van der Waals surface area contributed by atoms with Gasteiger partial charge in [-0.1, -0.05) is 6.92 Å². The van der Waals surface area contributed by atoms with Crippen LogP contribution in [0.4, 0.5) is 0 Å². The van der Waals surface area contributed by atoms with Crippen molar-refractivity contribution in [3.05, 3.63) is 0 Å². The Balaban J connectivity index is 2.81. The molecule has 0 aromatic heterocycles. The lowest BCUT2D eigenvalue weighted by molar-refractivity contribution is -0.137. The van der Waals surface area contributed by atoms with E-state index in [1.54, 1.807) is 0 Å². The minimum atomic E-state index is -0.389. The van der Waals surface area contributed by atoms with Crippen molar-refractivity contribution < 1.29 is 4.79 Å². The molecule has 0 spiro atoms. The minimum Gasteiger partial charge on any atom is -0.338 e. The number of carbonyl (C=O) groups is 1. The first kappa shape index (κ1) is 11.5. The molecule has 1 heterocycles. The Morgan fingerprint density at radius 2 is 2.21 bits per heavy atom. The van der Waals surface area contributed by atoms with Gasteiger partial charge in [0.1, 0.15) is 0 Å². The van der Waals surface area contributed by atoms with Gasteiger partial charge in [-0.15, -0.1) is 0 Å². The third-order valence-corrected chi connectivity index (χ3v) is 2.92. The number of amides is 1. The second-order valence-electron chi connectivity index (χ2n) is 4.69. The number of rotatable bonds is 2. The van der Waals surface area contributed by atoms with Gasteiger partial charge in [-0.3, -0.25) is 4.79 Å². The van der Waals surface area contributed by atoms with Crippen LogP contribution in [0.25, 0.3) is 0 Å². The van der Waals surface area contributed by atoms with Crippen molar-refractivity contribution in [2.45, 2.75) is 52.1 Å². The smallest absolute Gasteiger partial charge is 0.242 e. The van der Waals surface area contributed by atoms with E-state index < -0.39 is 0 Å². The van der Waals surface area contributed by atoms with Crippen LogP contribution in [0.15, 0.2) is 0 Å². The summed E-state index contributed by atoms with van der Waals surface area (Å²) in [6, 6.07) is 0.372. The van der Waals surface area contributed by atoms with Crippen molar-refractivity contribution in [1.82, 2.24) is 10.2 Å². The Morgan fingerprint density at radius 1 is 1.57 bits per heavy atom. The summed E-state index contributed by atoms with van der Waals surface area (Å²) in [6.07, 6.45) is 2.08. The van der Waals surface area contributed by atoms with Crippen molar-refractivity contribution >= 4 is 5.91 Å². The highest BCUT2D eigenvalue weighted by atomic mass is 16.2. The Bertz CT molecular complexity index is 213. The molecule has 1 atom stereocenters. The Hall–Kier alpha value is -0.570. The molecule has 1 aliphatic rings. The monoisotopic (exact) mass is 198 g/mol. The van der Waals surface area contributed by atoms with Crippen LogP contribution in [0.1, 0.15) is 40.5 Å². The number of nitrogens with zero attached hydrogens (tertiary/aromatic N) is 1. The quantitative estimate of drug-likeness (QED) is 0.727. The molecule has 1 amide bonds. The number of hydrogen-bond acceptors (Lipinski definition) is 2. The van der Waals surface area contributed by atoms with E-state index in [0.29, 0.717) is 6.04 Å². The molecule has 1 saturated heterocycles. The maximum absolute atomic E-state index is 12.1. The van der Waals surface area contributed by atoms with Crippen LogP contribution in [0.2, 0.25) is 0 Å². The molecule has 1 fully saturated rings. The first-order valence-electron chi connectivity index (χ1n) is 5.55. The highest BCUT2D eigenvalue weighted by Gasteiger charge is 2.35. The SMILES string of the molecule is CCCN1C(=O)C(C)(C)NCCC1C. The summed E-state index contributed by atoms with van der Waals surface area (Å²) in [5.41, 5.74) is -0.389. The summed E-state index contributed by atoms with van der Waals surface area (Å²) in [4.78, 5) is 14.1. The van der Waals surface area contributed by atoms with E-state index >= 15 is 0 Å². The maximum atomic E-state index is 12.1. The molecule has 0 aromatic carbocycles. The summed E-state index contributed by atoms with van der Waals surface area (Å²) < 4.78 is 0. The van der Waals surface area contributed by atoms with Crippen LogP contribution in [0.3, 0.4) is 0 Å². The lowest BCUT2D eigenvalue weighted by Gasteiger charge is -2.32. The molecule has 1 aliphatic heterocycles. The van der Waals surface area contributed by atoms with E-state index in [1.807, 2.05) is 18.7 Å². The predicted molar refractivity (Wildman–Crippen MR) is 58.2 cm³/mol. The van der Waals surface area contributed by atoms with Gasteiger partial charge in [0.2, 0.25) is 5.91 Å². The normalized spacial score (nSPS) is 27.6. The zero-order chi connectivity index (χ0) is 10.8. The molecule has 3 nitrogen and oxygen atoms in total. The number of hydrogen-bond donors (Lipinski definition) is 1. The van der Waals surface area contributed by atoms with Crippen LogP contribution < -0.4 is 5.32 Å². The summed E-state index contributed by atoms with van der Waals surface area (Å²) in [7, 11) is 0. The topological polar surface area (TPSA) is 32.3 Å². The molecule has 1 rings (SSSR count). The summed E-state index contributed by atoms with van der Waals surface area (Å²) in [6.45, 7) is 10.00. The van der Waals surface area contributed by atoms with Gasteiger partial charge in [0.05, 0.1) is 5.54 Å². The third-order valence-electron chi connectivity index (χ3n) is 2.92. The zero-order valence-corrected chi connectivity index (χ0v) is 9.76. The second-order valence-corrected chi connectivity index (χ2v) is 4.69. The van der Waals surface area contributed by atoms with Crippen LogP contribution in [0, 0.1) is 0 Å². The summed E-state index contributed by atoms with van der Waals surface area (Å²) in [5, 5.41) is 3.30.